The fourth-order valence-electron chi connectivity index (χ4n) is 3.15. The number of amides is 1. The minimum atomic E-state index is -0.0127. The van der Waals surface area contributed by atoms with Crippen molar-refractivity contribution in [3.05, 3.63) is 68.4 Å². The average Bonchev–Trinajstić information content (AvgIpc) is 2.74. The molecule has 0 aliphatic rings. The van der Waals surface area contributed by atoms with Crippen LogP contribution in [0.2, 0.25) is 0 Å². The molecule has 0 saturated heterocycles. The maximum Gasteiger partial charge on any atom is 0.262 e. The van der Waals surface area contributed by atoms with Gasteiger partial charge in [0.25, 0.3) is 11.5 Å². The van der Waals surface area contributed by atoms with E-state index in [1.807, 2.05) is 42.5 Å². The predicted molar refractivity (Wildman–Crippen MR) is 127 cm³/mol. The lowest BCUT2D eigenvalue weighted by atomic mass is 10.1. The molecule has 0 N–H and O–H groups in total. The van der Waals surface area contributed by atoms with E-state index in [1.165, 1.54) is 0 Å². The van der Waals surface area contributed by atoms with E-state index in [4.69, 9.17) is 4.98 Å². The van der Waals surface area contributed by atoms with Crippen LogP contribution in [0.3, 0.4) is 0 Å². The van der Waals surface area contributed by atoms with Gasteiger partial charge in [0.05, 0.1) is 10.9 Å². The van der Waals surface area contributed by atoms with E-state index in [0.717, 1.165) is 34.5 Å². The van der Waals surface area contributed by atoms with Gasteiger partial charge in [0, 0.05) is 36.4 Å². The van der Waals surface area contributed by atoms with Crippen molar-refractivity contribution in [3.63, 3.8) is 0 Å². The van der Waals surface area contributed by atoms with Crippen molar-refractivity contribution >= 4 is 44.5 Å². The van der Waals surface area contributed by atoms with Crippen molar-refractivity contribution in [1.82, 2.24) is 14.5 Å². The summed E-state index contributed by atoms with van der Waals surface area (Å²) >= 11 is 5.01. The number of hydrogen-bond donors (Lipinski definition) is 0. The number of benzene rings is 2. The van der Waals surface area contributed by atoms with Crippen LogP contribution in [0.25, 0.3) is 10.9 Å². The molecule has 158 valence electrons. The number of rotatable bonds is 8. The molecular weight excluding hydrogens is 462 g/mol. The molecule has 0 unspecified atom stereocenters. The number of carbonyl (C=O) groups excluding carboxylic acids is 1. The van der Waals surface area contributed by atoms with Crippen LogP contribution in [-0.4, -0.2) is 34.5 Å². The van der Waals surface area contributed by atoms with Crippen LogP contribution in [0.1, 0.15) is 42.1 Å². The van der Waals surface area contributed by atoms with Crippen LogP contribution >= 0.6 is 27.7 Å². The Hall–Kier alpha value is -2.12. The molecule has 5 nitrogen and oxygen atoms in total. The number of thioether (sulfide) groups is 1. The number of fused-ring (bicyclic) bond motifs is 1. The lowest BCUT2D eigenvalue weighted by molar-refractivity contribution is 0.0827. The van der Waals surface area contributed by atoms with Gasteiger partial charge >= 0.3 is 0 Å². The molecule has 0 fully saturated rings. The molecule has 0 bridgehead atoms. The van der Waals surface area contributed by atoms with Crippen LogP contribution in [-0.2, 0) is 12.3 Å². The highest BCUT2D eigenvalue weighted by molar-refractivity contribution is 9.10. The van der Waals surface area contributed by atoms with E-state index >= 15 is 0 Å². The molecule has 0 spiro atoms. The van der Waals surface area contributed by atoms with Crippen LogP contribution in [0.4, 0.5) is 0 Å². The number of unbranched alkanes of at least 4 members (excludes halogenated alkanes) is 2. The number of aromatic nitrogens is 2. The summed E-state index contributed by atoms with van der Waals surface area (Å²) in [4.78, 5) is 31.5. The summed E-state index contributed by atoms with van der Waals surface area (Å²) in [7, 11) is 3.49. The van der Waals surface area contributed by atoms with Crippen LogP contribution in [0, 0.1) is 0 Å². The zero-order valence-corrected chi connectivity index (χ0v) is 19.9. The van der Waals surface area contributed by atoms with Gasteiger partial charge in [-0.2, -0.15) is 0 Å². The van der Waals surface area contributed by atoms with Crippen molar-refractivity contribution in [2.45, 2.75) is 43.6 Å². The molecule has 30 heavy (non-hydrogen) atoms. The van der Waals surface area contributed by atoms with Gasteiger partial charge in [0.2, 0.25) is 0 Å². The summed E-state index contributed by atoms with van der Waals surface area (Å²) in [5.74, 6) is 0.667. The van der Waals surface area contributed by atoms with Crippen molar-refractivity contribution < 1.29 is 4.79 Å². The molecular formula is C23H26BrN3O2S. The molecule has 0 aliphatic carbocycles. The Morgan fingerprint density at radius 3 is 2.53 bits per heavy atom. The van der Waals surface area contributed by atoms with Gasteiger partial charge in [-0.15, -0.1) is 0 Å². The Bertz CT molecular complexity index is 1090. The predicted octanol–water partition coefficient (Wildman–Crippen LogP) is 5.34. The molecule has 1 amide bonds. The third-order valence-electron chi connectivity index (χ3n) is 4.84. The van der Waals surface area contributed by atoms with Crippen LogP contribution < -0.4 is 5.56 Å². The Morgan fingerprint density at radius 1 is 1.13 bits per heavy atom. The molecule has 7 heteroatoms. The first kappa shape index (κ1) is 22.6. The highest BCUT2D eigenvalue weighted by atomic mass is 79.9. The van der Waals surface area contributed by atoms with E-state index in [0.29, 0.717) is 28.8 Å². The monoisotopic (exact) mass is 487 g/mol. The van der Waals surface area contributed by atoms with Crippen molar-refractivity contribution in [1.29, 1.82) is 0 Å². The van der Waals surface area contributed by atoms with E-state index in [-0.39, 0.29) is 11.5 Å². The minimum Gasteiger partial charge on any atom is -0.345 e. The van der Waals surface area contributed by atoms with Gasteiger partial charge in [-0.05, 0) is 42.3 Å². The molecule has 2 aromatic carbocycles. The van der Waals surface area contributed by atoms with E-state index < -0.39 is 0 Å². The zero-order valence-electron chi connectivity index (χ0n) is 17.5. The Labute approximate surface area is 189 Å². The lowest BCUT2D eigenvalue weighted by Gasteiger charge is -2.14. The summed E-state index contributed by atoms with van der Waals surface area (Å²) in [6, 6.07) is 13.2. The highest BCUT2D eigenvalue weighted by Gasteiger charge is 2.13. The second-order valence-corrected chi connectivity index (χ2v) is 9.26. The Balaban J connectivity index is 1.86. The first-order chi connectivity index (χ1) is 14.4. The molecule has 1 heterocycles. The van der Waals surface area contributed by atoms with Gasteiger partial charge in [-0.3, -0.25) is 14.2 Å². The van der Waals surface area contributed by atoms with Crippen molar-refractivity contribution in [3.8, 4) is 0 Å². The minimum absolute atomic E-state index is 0.00632. The van der Waals surface area contributed by atoms with Gasteiger partial charge in [0.15, 0.2) is 5.16 Å². The topological polar surface area (TPSA) is 55.2 Å². The standard InChI is InChI=1S/C23H26BrN3O2S/c1-4-5-6-13-27-22(29)19-14-18(24)11-12-20(19)25-23(27)30-15-16-7-9-17(10-8-16)21(28)26(2)3/h7-12,14H,4-6,13,15H2,1-3H3. The Morgan fingerprint density at radius 2 is 1.87 bits per heavy atom. The first-order valence-corrected chi connectivity index (χ1v) is 11.8. The van der Waals surface area contributed by atoms with Crippen molar-refractivity contribution in [2.75, 3.05) is 14.1 Å². The second kappa shape index (κ2) is 10.3. The second-order valence-electron chi connectivity index (χ2n) is 7.40. The average molecular weight is 488 g/mol. The summed E-state index contributed by atoms with van der Waals surface area (Å²) in [5, 5.41) is 1.37. The van der Waals surface area contributed by atoms with Gasteiger partial charge in [-0.25, -0.2) is 4.98 Å². The van der Waals surface area contributed by atoms with E-state index in [2.05, 4.69) is 22.9 Å². The Kier molecular flexibility index (Phi) is 7.72. The molecule has 3 aromatic rings. The summed E-state index contributed by atoms with van der Waals surface area (Å²) in [6.07, 6.45) is 3.13. The summed E-state index contributed by atoms with van der Waals surface area (Å²) < 4.78 is 2.68. The summed E-state index contributed by atoms with van der Waals surface area (Å²) in [5.41, 5.74) is 2.47. The maximum atomic E-state index is 13.1. The van der Waals surface area contributed by atoms with Gasteiger partial charge in [-0.1, -0.05) is 59.6 Å². The molecule has 1 aromatic heterocycles. The molecule has 0 saturated carbocycles. The number of nitrogens with zero attached hydrogens (tertiary/aromatic N) is 3. The number of carbonyl (C=O) groups is 1. The van der Waals surface area contributed by atoms with Gasteiger partial charge < -0.3 is 4.90 Å². The fraction of sp³-hybridized carbons (Fsp3) is 0.348. The van der Waals surface area contributed by atoms with Crippen LogP contribution in [0.15, 0.2) is 56.9 Å². The smallest absolute Gasteiger partial charge is 0.262 e. The fourth-order valence-corrected chi connectivity index (χ4v) is 4.49. The normalized spacial score (nSPS) is 11.1. The number of hydrogen-bond acceptors (Lipinski definition) is 4. The van der Waals surface area contributed by atoms with Crippen LogP contribution in [0.5, 0.6) is 0 Å². The third kappa shape index (κ3) is 5.32. The quantitative estimate of drug-likeness (QED) is 0.244. The van der Waals surface area contributed by atoms with E-state index in [9.17, 15) is 9.59 Å². The number of halogens is 1. The zero-order chi connectivity index (χ0) is 21.7. The molecule has 0 radical (unpaired) electrons. The molecule has 3 rings (SSSR count). The first-order valence-electron chi connectivity index (χ1n) is 10.0. The summed E-state index contributed by atoms with van der Waals surface area (Å²) in [6.45, 7) is 2.82. The molecule has 0 aliphatic heterocycles. The largest absolute Gasteiger partial charge is 0.345 e. The van der Waals surface area contributed by atoms with E-state index in [1.54, 1.807) is 35.3 Å². The molecule has 0 atom stereocenters. The van der Waals surface area contributed by atoms with Crippen molar-refractivity contribution in [2.24, 2.45) is 0 Å². The maximum absolute atomic E-state index is 13.1. The third-order valence-corrected chi connectivity index (χ3v) is 6.38. The SMILES string of the molecule is CCCCCn1c(SCc2ccc(C(=O)N(C)C)cc2)nc2ccc(Br)cc2c1=O. The lowest BCUT2D eigenvalue weighted by Crippen LogP contribution is -2.23. The highest BCUT2D eigenvalue weighted by Crippen LogP contribution is 2.24. The van der Waals surface area contributed by atoms with Gasteiger partial charge in [0.1, 0.15) is 0 Å².